The van der Waals surface area contributed by atoms with Gasteiger partial charge in [0.2, 0.25) is 9.84 Å². The molecule has 1 heterocycles. The minimum Gasteiger partial charge on any atom is -0.268 e. The van der Waals surface area contributed by atoms with Crippen LogP contribution >= 0.6 is 0 Å². The van der Waals surface area contributed by atoms with Crippen molar-refractivity contribution in [2.45, 2.75) is 9.92 Å². The maximum absolute atomic E-state index is 12.7. The van der Waals surface area contributed by atoms with Crippen LogP contribution in [-0.2, 0) is 9.84 Å². The normalized spacial score (nSPS) is 11.4. The Hall–Kier alpha value is -2.02. The van der Waals surface area contributed by atoms with Crippen molar-refractivity contribution in [3.63, 3.8) is 0 Å². The number of nitrogens with zero attached hydrogens (tertiary/aromatic N) is 1. The van der Waals surface area contributed by atoms with Gasteiger partial charge in [-0.2, -0.15) is 5.10 Å². The molecule has 0 radical (unpaired) electrons. The zero-order valence-corrected chi connectivity index (χ0v) is 9.24. The fraction of sp³-hybridized carbons (Fsp3) is 0. The molecule has 0 spiro atoms. The summed E-state index contributed by atoms with van der Waals surface area (Å²) in [5, 5.41) is 5.17. The molecule has 0 amide bonds. The predicted octanol–water partition coefficient (Wildman–Crippen LogP) is 0.742. The second kappa shape index (κ2) is 4.10. The zero-order valence-electron chi connectivity index (χ0n) is 8.42. The number of hydrogen-bond donors (Lipinski definition) is 1. The standard InChI is InChI=1S/C10H7FN2O3S/c11-7-1-3-8(4-2-7)17(15,16)10-6-5-9(14)12-13-10/h1-6H,(H,12,14). The van der Waals surface area contributed by atoms with Gasteiger partial charge in [-0.25, -0.2) is 17.9 Å². The van der Waals surface area contributed by atoms with Gasteiger partial charge in [0.15, 0.2) is 5.03 Å². The molecule has 0 fully saturated rings. The monoisotopic (exact) mass is 254 g/mol. The fourth-order valence-electron chi connectivity index (χ4n) is 1.22. The van der Waals surface area contributed by atoms with Crippen molar-refractivity contribution in [2.24, 2.45) is 0 Å². The lowest BCUT2D eigenvalue weighted by Crippen LogP contribution is -2.11. The Balaban J connectivity index is 2.53. The van der Waals surface area contributed by atoms with E-state index in [0.29, 0.717) is 0 Å². The number of aromatic amines is 1. The van der Waals surface area contributed by atoms with Crippen molar-refractivity contribution in [3.05, 3.63) is 52.6 Å². The van der Waals surface area contributed by atoms with Gasteiger partial charge < -0.3 is 0 Å². The highest BCUT2D eigenvalue weighted by Crippen LogP contribution is 2.17. The van der Waals surface area contributed by atoms with Crippen LogP contribution in [0, 0.1) is 5.82 Å². The molecule has 2 aromatic rings. The van der Waals surface area contributed by atoms with Crippen LogP contribution in [0.2, 0.25) is 0 Å². The van der Waals surface area contributed by atoms with E-state index in [-0.39, 0.29) is 9.92 Å². The van der Waals surface area contributed by atoms with E-state index in [1.165, 1.54) is 0 Å². The highest BCUT2D eigenvalue weighted by Gasteiger charge is 2.19. The minimum atomic E-state index is -3.82. The molecule has 1 aromatic heterocycles. The summed E-state index contributed by atoms with van der Waals surface area (Å²) in [5.74, 6) is -0.529. The summed E-state index contributed by atoms with van der Waals surface area (Å²) in [6.45, 7) is 0. The Morgan fingerprint density at radius 2 is 1.71 bits per heavy atom. The third kappa shape index (κ3) is 2.23. The first-order valence-electron chi connectivity index (χ1n) is 4.56. The van der Waals surface area contributed by atoms with Gasteiger partial charge in [0.1, 0.15) is 5.82 Å². The molecule has 0 bridgehead atoms. The van der Waals surface area contributed by atoms with Crippen molar-refractivity contribution in [3.8, 4) is 0 Å². The number of nitrogens with one attached hydrogen (secondary N) is 1. The van der Waals surface area contributed by atoms with E-state index in [0.717, 1.165) is 36.4 Å². The summed E-state index contributed by atoms with van der Waals surface area (Å²) in [5.41, 5.74) is -0.497. The third-order valence-corrected chi connectivity index (χ3v) is 3.72. The van der Waals surface area contributed by atoms with Gasteiger partial charge in [-0.05, 0) is 30.3 Å². The lowest BCUT2D eigenvalue weighted by atomic mass is 10.4. The van der Waals surface area contributed by atoms with Crippen LogP contribution < -0.4 is 5.56 Å². The summed E-state index contributed by atoms with van der Waals surface area (Å²) in [7, 11) is -3.82. The van der Waals surface area contributed by atoms with E-state index < -0.39 is 21.2 Å². The lowest BCUT2D eigenvalue weighted by Gasteiger charge is -2.02. The molecule has 0 aliphatic rings. The summed E-state index contributed by atoms with van der Waals surface area (Å²) >= 11 is 0. The van der Waals surface area contributed by atoms with Gasteiger partial charge >= 0.3 is 0 Å². The number of sulfone groups is 1. The predicted molar refractivity (Wildman–Crippen MR) is 56.7 cm³/mol. The molecule has 0 aliphatic heterocycles. The van der Waals surface area contributed by atoms with Crippen molar-refractivity contribution in [2.75, 3.05) is 0 Å². The summed E-state index contributed by atoms with van der Waals surface area (Å²) < 4.78 is 36.6. The molecule has 88 valence electrons. The molecule has 0 atom stereocenters. The number of rotatable bonds is 2. The largest absolute Gasteiger partial charge is 0.268 e. The second-order valence-corrected chi connectivity index (χ2v) is 5.11. The van der Waals surface area contributed by atoms with Gasteiger partial charge in [-0.3, -0.25) is 4.79 Å². The highest BCUT2D eigenvalue weighted by molar-refractivity contribution is 7.91. The number of H-pyrrole nitrogens is 1. The van der Waals surface area contributed by atoms with Crippen LogP contribution in [0.15, 0.2) is 51.1 Å². The topological polar surface area (TPSA) is 79.9 Å². The Morgan fingerprint density at radius 3 is 2.24 bits per heavy atom. The molecule has 0 unspecified atom stereocenters. The molecular weight excluding hydrogens is 247 g/mol. The van der Waals surface area contributed by atoms with Crippen LogP contribution in [0.25, 0.3) is 0 Å². The van der Waals surface area contributed by atoms with Crippen molar-refractivity contribution >= 4 is 9.84 Å². The third-order valence-electron chi connectivity index (χ3n) is 2.05. The van der Waals surface area contributed by atoms with E-state index >= 15 is 0 Å². The molecular formula is C10H7FN2O3S. The maximum atomic E-state index is 12.7. The van der Waals surface area contributed by atoms with Gasteiger partial charge in [-0.1, -0.05) is 0 Å². The van der Waals surface area contributed by atoms with E-state index in [2.05, 4.69) is 5.10 Å². The molecule has 0 saturated heterocycles. The first-order chi connectivity index (χ1) is 8.00. The minimum absolute atomic E-state index is 0.0848. The maximum Gasteiger partial charge on any atom is 0.264 e. The first-order valence-corrected chi connectivity index (χ1v) is 6.05. The second-order valence-electron chi connectivity index (χ2n) is 3.22. The average molecular weight is 254 g/mol. The van der Waals surface area contributed by atoms with Crippen LogP contribution in [0.1, 0.15) is 0 Å². The number of benzene rings is 1. The first kappa shape index (κ1) is 11.5. The summed E-state index contributed by atoms with van der Waals surface area (Å²) in [6, 6.07) is 6.51. The number of aromatic nitrogens is 2. The quantitative estimate of drug-likeness (QED) is 0.802. The Kier molecular flexibility index (Phi) is 2.76. The van der Waals surface area contributed by atoms with Crippen LogP contribution in [0.4, 0.5) is 4.39 Å². The average Bonchev–Trinajstić information content (AvgIpc) is 2.30. The van der Waals surface area contributed by atoms with E-state index in [1.807, 2.05) is 5.10 Å². The molecule has 1 N–H and O–H groups in total. The smallest absolute Gasteiger partial charge is 0.264 e. The molecule has 2 rings (SSSR count). The van der Waals surface area contributed by atoms with Crippen molar-refractivity contribution < 1.29 is 12.8 Å². The van der Waals surface area contributed by atoms with Crippen LogP contribution in [0.3, 0.4) is 0 Å². The van der Waals surface area contributed by atoms with Crippen molar-refractivity contribution in [1.82, 2.24) is 10.2 Å². The molecule has 1 aromatic carbocycles. The number of hydrogen-bond acceptors (Lipinski definition) is 4. The summed E-state index contributed by atoms with van der Waals surface area (Å²) in [4.78, 5) is 10.7. The van der Waals surface area contributed by atoms with Crippen LogP contribution in [-0.4, -0.2) is 18.6 Å². The zero-order chi connectivity index (χ0) is 12.5. The number of halogens is 1. The van der Waals surface area contributed by atoms with E-state index in [1.54, 1.807) is 0 Å². The van der Waals surface area contributed by atoms with Gasteiger partial charge in [0.05, 0.1) is 4.90 Å². The molecule has 5 nitrogen and oxygen atoms in total. The SMILES string of the molecule is O=c1ccc(S(=O)(=O)c2ccc(F)cc2)n[nH]1. The lowest BCUT2D eigenvalue weighted by molar-refractivity contribution is 0.588. The highest BCUT2D eigenvalue weighted by atomic mass is 32.2. The molecule has 17 heavy (non-hydrogen) atoms. The molecule has 0 saturated carbocycles. The fourth-order valence-corrected chi connectivity index (χ4v) is 2.36. The van der Waals surface area contributed by atoms with Gasteiger partial charge in [0, 0.05) is 6.07 Å². The van der Waals surface area contributed by atoms with E-state index in [9.17, 15) is 17.6 Å². The van der Waals surface area contributed by atoms with Gasteiger partial charge in [0.25, 0.3) is 5.56 Å². The van der Waals surface area contributed by atoms with E-state index in [4.69, 9.17) is 0 Å². The van der Waals surface area contributed by atoms with Crippen molar-refractivity contribution in [1.29, 1.82) is 0 Å². The Bertz CT molecular complexity index is 672. The molecule has 0 aliphatic carbocycles. The Morgan fingerprint density at radius 1 is 1.06 bits per heavy atom. The van der Waals surface area contributed by atoms with Crippen LogP contribution in [0.5, 0.6) is 0 Å². The van der Waals surface area contributed by atoms with Gasteiger partial charge in [-0.15, -0.1) is 0 Å². The Labute approximate surface area is 95.8 Å². The molecule has 7 heteroatoms. The summed E-state index contributed by atoms with van der Waals surface area (Å²) in [6.07, 6.45) is 0.